The Hall–Kier alpha value is -3.51. The number of urea groups is 1. The standard InChI is InChI=1S/C25H26ClN3O3/c1-2-32-23-15-13-21(14-16-23)28-25(31)27-17-6-18-29(22-7-4-3-5-8-22)24(30)19-9-11-20(26)12-10-19/h3-5,7-16H,2,6,17-18H2,1H3,(H2,27,28,31). The number of carbonyl (C=O) groups excluding carboxylic acids is 2. The van der Waals surface area contributed by atoms with Crippen LogP contribution in [0.1, 0.15) is 23.7 Å². The summed E-state index contributed by atoms with van der Waals surface area (Å²) < 4.78 is 5.39. The van der Waals surface area contributed by atoms with Crippen molar-refractivity contribution < 1.29 is 14.3 Å². The number of nitrogens with zero attached hydrogens (tertiary/aromatic N) is 1. The molecule has 3 aromatic rings. The van der Waals surface area contributed by atoms with Crippen LogP contribution < -0.4 is 20.3 Å². The van der Waals surface area contributed by atoms with Crippen molar-refractivity contribution in [1.82, 2.24) is 5.32 Å². The van der Waals surface area contributed by atoms with E-state index >= 15 is 0 Å². The Kier molecular flexibility index (Phi) is 8.52. The lowest BCUT2D eigenvalue weighted by Crippen LogP contribution is -2.35. The zero-order valence-corrected chi connectivity index (χ0v) is 18.6. The summed E-state index contributed by atoms with van der Waals surface area (Å²) in [5, 5.41) is 6.19. The summed E-state index contributed by atoms with van der Waals surface area (Å²) in [6, 6.07) is 23.2. The van der Waals surface area contributed by atoms with Gasteiger partial charge in [-0.1, -0.05) is 29.8 Å². The smallest absolute Gasteiger partial charge is 0.319 e. The van der Waals surface area contributed by atoms with Crippen LogP contribution in [0.25, 0.3) is 0 Å². The second-order valence-corrected chi connectivity index (χ2v) is 7.43. The van der Waals surface area contributed by atoms with Crippen molar-refractivity contribution in [2.24, 2.45) is 0 Å². The number of benzene rings is 3. The fourth-order valence-electron chi connectivity index (χ4n) is 3.12. The van der Waals surface area contributed by atoms with Crippen LogP contribution in [0.15, 0.2) is 78.9 Å². The van der Waals surface area contributed by atoms with E-state index in [-0.39, 0.29) is 11.9 Å². The molecule has 2 N–H and O–H groups in total. The van der Waals surface area contributed by atoms with Crippen molar-refractivity contribution in [1.29, 1.82) is 0 Å². The molecule has 3 rings (SSSR count). The van der Waals surface area contributed by atoms with E-state index in [0.717, 1.165) is 11.4 Å². The molecule has 3 amide bonds. The maximum Gasteiger partial charge on any atom is 0.319 e. The van der Waals surface area contributed by atoms with Crippen LogP contribution in [0.4, 0.5) is 16.2 Å². The molecule has 0 unspecified atom stereocenters. The summed E-state index contributed by atoms with van der Waals surface area (Å²) in [7, 11) is 0. The molecule has 32 heavy (non-hydrogen) atoms. The number of hydrogen-bond acceptors (Lipinski definition) is 3. The molecule has 0 saturated heterocycles. The lowest BCUT2D eigenvalue weighted by molar-refractivity contribution is 0.0986. The number of ether oxygens (including phenoxy) is 1. The van der Waals surface area contributed by atoms with Gasteiger partial charge in [-0.15, -0.1) is 0 Å². The first-order valence-electron chi connectivity index (χ1n) is 10.5. The van der Waals surface area contributed by atoms with Gasteiger partial charge in [0.05, 0.1) is 6.61 Å². The molecule has 0 aromatic heterocycles. The molecule has 0 saturated carbocycles. The number of anilines is 2. The molecule has 0 aliphatic carbocycles. The summed E-state index contributed by atoms with van der Waals surface area (Å²) in [6.07, 6.45) is 0.588. The molecule has 7 heteroatoms. The van der Waals surface area contributed by atoms with Crippen LogP contribution in [0.5, 0.6) is 5.75 Å². The van der Waals surface area contributed by atoms with E-state index in [4.69, 9.17) is 16.3 Å². The minimum atomic E-state index is -0.301. The fourth-order valence-corrected chi connectivity index (χ4v) is 3.25. The predicted molar refractivity (Wildman–Crippen MR) is 129 cm³/mol. The highest BCUT2D eigenvalue weighted by Gasteiger charge is 2.17. The molecule has 0 heterocycles. The summed E-state index contributed by atoms with van der Waals surface area (Å²) >= 11 is 5.95. The molecular formula is C25H26ClN3O3. The van der Waals surface area contributed by atoms with Crippen molar-refractivity contribution in [2.75, 3.05) is 29.9 Å². The zero-order chi connectivity index (χ0) is 22.8. The Balaban J connectivity index is 1.54. The quantitative estimate of drug-likeness (QED) is 0.416. The van der Waals surface area contributed by atoms with Crippen molar-refractivity contribution in [3.63, 3.8) is 0 Å². The van der Waals surface area contributed by atoms with E-state index in [1.807, 2.05) is 37.3 Å². The molecule has 3 aromatic carbocycles. The van der Waals surface area contributed by atoms with Crippen LogP contribution in [0.2, 0.25) is 5.02 Å². The zero-order valence-electron chi connectivity index (χ0n) is 17.9. The highest BCUT2D eigenvalue weighted by atomic mass is 35.5. The van der Waals surface area contributed by atoms with Crippen LogP contribution in [-0.4, -0.2) is 31.6 Å². The second-order valence-electron chi connectivity index (χ2n) is 6.99. The molecule has 0 aliphatic rings. The number of halogens is 1. The van der Waals surface area contributed by atoms with Crippen LogP contribution >= 0.6 is 11.6 Å². The van der Waals surface area contributed by atoms with Crippen LogP contribution in [-0.2, 0) is 0 Å². The van der Waals surface area contributed by atoms with E-state index in [9.17, 15) is 9.59 Å². The van der Waals surface area contributed by atoms with Gasteiger partial charge in [0, 0.05) is 35.1 Å². The van der Waals surface area contributed by atoms with Gasteiger partial charge in [0.2, 0.25) is 0 Å². The van der Waals surface area contributed by atoms with E-state index in [0.29, 0.717) is 42.4 Å². The SMILES string of the molecule is CCOc1ccc(NC(=O)NCCCN(C(=O)c2ccc(Cl)cc2)c2ccccc2)cc1. The Morgan fingerprint density at radius 2 is 1.62 bits per heavy atom. The number of rotatable bonds is 9. The highest BCUT2D eigenvalue weighted by molar-refractivity contribution is 6.30. The number of amides is 3. The second kappa shape index (κ2) is 11.8. The van der Waals surface area contributed by atoms with Gasteiger partial charge >= 0.3 is 6.03 Å². The van der Waals surface area contributed by atoms with E-state index < -0.39 is 0 Å². The topological polar surface area (TPSA) is 70.7 Å². The molecule has 6 nitrogen and oxygen atoms in total. The lowest BCUT2D eigenvalue weighted by Gasteiger charge is -2.23. The molecule has 0 radical (unpaired) electrons. The molecule has 0 fully saturated rings. The molecule has 0 spiro atoms. The Bertz CT molecular complexity index is 1010. The van der Waals surface area contributed by atoms with Gasteiger partial charge in [-0.2, -0.15) is 0 Å². The average molecular weight is 452 g/mol. The van der Waals surface area contributed by atoms with E-state index in [1.54, 1.807) is 53.4 Å². The van der Waals surface area contributed by atoms with E-state index in [2.05, 4.69) is 10.6 Å². The van der Waals surface area contributed by atoms with Gasteiger partial charge in [0.15, 0.2) is 0 Å². The maximum absolute atomic E-state index is 13.1. The molecule has 0 atom stereocenters. The number of carbonyl (C=O) groups is 2. The minimum Gasteiger partial charge on any atom is -0.494 e. The van der Waals surface area contributed by atoms with E-state index in [1.165, 1.54) is 0 Å². The summed E-state index contributed by atoms with van der Waals surface area (Å²) in [5.41, 5.74) is 2.03. The Morgan fingerprint density at radius 1 is 0.938 bits per heavy atom. The first-order chi connectivity index (χ1) is 15.6. The van der Waals surface area contributed by atoms with Gasteiger partial charge in [-0.05, 0) is 74.0 Å². The third kappa shape index (κ3) is 6.75. The van der Waals surface area contributed by atoms with Gasteiger partial charge in [0.25, 0.3) is 5.91 Å². The van der Waals surface area contributed by atoms with Gasteiger partial charge < -0.3 is 20.3 Å². The lowest BCUT2D eigenvalue weighted by atomic mass is 10.1. The van der Waals surface area contributed by atoms with Crippen molar-refractivity contribution >= 4 is 34.9 Å². The minimum absolute atomic E-state index is 0.119. The van der Waals surface area contributed by atoms with Crippen molar-refractivity contribution in [2.45, 2.75) is 13.3 Å². The first-order valence-corrected chi connectivity index (χ1v) is 10.8. The van der Waals surface area contributed by atoms with Gasteiger partial charge in [-0.3, -0.25) is 4.79 Å². The fraction of sp³-hybridized carbons (Fsp3) is 0.200. The normalized spacial score (nSPS) is 10.3. The summed E-state index contributed by atoms with van der Waals surface area (Å²) in [5.74, 6) is 0.636. The van der Waals surface area contributed by atoms with Crippen molar-refractivity contribution in [3.8, 4) is 5.75 Å². The van der Waals surface area contributed by atoms with Crippen LogP contribution in [0.3, 0.4) is 0 Å². The monoisotopic (exact) mass is 451 g/mol. The molecule has 0 bridgehead atoms. The molecule has 0 aliphatic heterocycles. The first kappa shape index (κ1) is 23.2. The summed E-state index contributed by atoms with van der Waals surface area (Å²) in [6.45, 7) is 3.38. The van der Waals surface area contributed by atoms with Crippen LogP contribution in [0, 0.1) is 0 Å². The molecular weight excluding hydrogens is 426 g/mol. The number of hydrogen-bond donors (Lipinski definition) is 2. The maximum atomic E-state index is 13.1. The van der Waals surface area contributed by atoms with Gasteiger partial charge in [-0.25, -0.2) is 4.79 Å². The molecule has 166 valence electrons. The number of para-hydroxylation sites is 1. The summed E-state index contributed by atoms with van der Waals surface area (Å²) in [4.78, 5) is 27.0. The highest BCUT2D eigenvalue weighted by Crippen LogP contribution is 2.19. The number of nitrogens with one attached hydrogen (secondary N) is 2. The van der Waals surface area contributed by atoms with Gasteiger partial charge in [0.1, 0.15) is 5.75 Å². The predicted octanol–water partition coefficient (Wildman–Crippen LogP) is 5.60. The largest absolute Gasteiger partial charge is 0.494 e. The third-order valence-electron chi connectivity index (χ3n) is 4.67. The van der Waals surface area contributed by atoms with Crippen molar-refractivity contribution in [3.05, 3.63) is 89.4 Å². The Labute approximate surface area is 193 Å². The average Bonchev–Trinajstić information content (AvgIpc) is 2.81. The Morgan fingerprint density at radius 3 is 2.28 bits per heavy atom. The third-order valence-corrected chi connectivity index (χ3v) is 4.92.